The Morgan fingerprint density at radius 3 is 1.69 bits per heavy atom. The number of nitrogens with one attached hydrogen (secondary N) is 1. The highest BCUT2D eigenvalue weighted by Gasteiger charge is 2.39. The Labute approximate surface area is 471 Å². The number of benzene rings is 7. The van der Waals surface area contributed by atoms with Gasteiger partial charge in [-0.05, 0) is 111 Å². The summed E-state index contributed by atoms with van der Waals surface area (Å²) >= 11 is 0. The molecule has 8 aromatic rings. The number of aromatic nitrogens is 2. The first-order valence-electron chi connectivity index (χ1n) is 28.0. The number of hydrogen-bond donors (Lipinski definition) is 3. The number of guanidine groups is 1. The molecule has 15 heteroatoms. The van der Waals surface area contributed by atoms with E-state index in [9.17, 15) is 23.1 Å². The van der Waals surface area contributed by atoms with Crippen LogP contribution >= 0.6 is 0 Å². The van der Waals surface area contributed by atoms with Crippen molar-refractivity contribution >= 4 is 38.8 Å². The lowest BCUT2D eigenvalue weighted by atomic mass is 9.93. The van der Waals surface area contributed by atoms with Crippen LogP contribution in [0.5, 0.6) is 0 Å². The smallest absolute Gasteiger partial charge is 0.407 e. The predicted molar refractivity (Wildman–Crippen MR) is 321 cm³/mol. The lowest BCUT2D eigenvalue weighted by Crippen LogP contribution is -2.53. The van der Waals surface area contributed by atoms with Gasteiger partial charge < -0.3 is 25.6 Å². The van der Waals surface area contributed by atoms with Gasteiger partial charge in [-0.15, -0.1) is 0 Å². The largest absolute Gasteiger partial charge is 0.465 e. The van der Waals surface area contributed by atoms with E-state index in [2.05, 4.69) is 112 Å². The molecule has 2 fully saturated rings. The molecular weight excluding hydrogens is 1020 g/mol. The zero-order valence-electron chi connectivity index (χ0n) is 45.7. The van der Waals surface area contributed by atoms with E-state index in [4.69, 9.17) is 10.7 Å². The van der Waals surface area contributed by atoms with Gasteiger partial charge in [0.25, 0.3) is 10.0 Å². The highest BCUT2D eigenvalue weighted by molar-refractivity contribution is 7.92. The van der Waals surface area contributed by atoms with Gasteiger partial charge in [-0.1, -0.05) is 170 Å². The number of sulfonamides is 1. The second-order valence-corrected chi connectivity index (χ2v) is 22.9. The number of anilines is 1. The number of nitrogens with two attached hydrogens (primary N) is 1. The molecule has 2 aliphatic heterocycles. The van der Waals surface area contributed by atoms with Crippen molar-refractivity contribution in [3.05, 3.63) is 239 Å². The highest BCUT2D eigenvalue weighted by atomic mass is 32.2. The Balaban J connectivity index is 0.000000196. The number of carbonyl (C=O) groups is 1. The lowest BCUT2D eigenvalue weighted by Gasteiger charge is -2.42. The van der Waals surface area contributed by atoms with Crippen LogP contribution in [0.3, 0.4) is 0 Å². The summed E-state index contributed by atoms with van der Waals surface area (Å²) in [5.74, 6) is 0.593. The summed E-state index contributed by atoms with van der Waals surface area (Å²) in [5, 5.41) is 10.1. The topological polar surface area (TPSA) is 164 Å². The quantitative estimate of drug-likeness (QED) is 0.0498. The molecule has 1 amide bonds. The van der Waals surface area contributed by atoms with Gasteiger partial charge in [-0.25, -0.2) is 18.0 Å². The number of carboxylic acid groups (broad SMARTS) is 1. The molecule has 0 radical (unpaired) electrons. The van der Waals surface area contributed by atoms with Gasteiger partial charge in [0.05, 0.1) is 28.2 Å². The van der Waals surface area contributed by atoms with Crippen LogP contribution in [-0.4, -0.2) is 106 Å². The molecule has 7 aromatic carbocycles. The number of aliphatic imine (C=N–C) groups is 1. The maximum atomic E-state index is 14.0. The molecule has 3 atom stereocenters. The number of hydrogen-bond acceptors (Lipinski definition) is 7. The number of aromatic amines is 1. The highest BCUT2D eigenvalue weighted by Crippen LogP contribution is 2.34. The summed E-state index contributed by atoms with van der Waals surface area (Å²) in [6.07, 6.45) is 3.08. The van der Waals surface area contributed by atoms with Crippen LogP contribution in [-0.2, 0) is 36.2 Å². The minimum atomic E-state index is -3.86. The standard InChI is InChI=1S/C35H39N3O4S.C30H36N6O/c39-35(40)37-25-23-33(38(31-18-9-3-10-19-31)43(41,42)34-21-11-4-12-22-34)26-32(37)20-13-24-36(27-29-14-5-1-6-15-29)28-30-16-7-2-8-17-30;1-23(35(21-24-10-4-2-5-11-24)22-25-12-6-3-7-13-25)20-32-29(31)34-18-16-26(17-19-34)36-28-15-9-8-14-27(28)33-30(36)37/h1-12,14-19,21-22,32-33H,13,20,23-28H2,(H,39,40);2-15,23,26H,16-22H2,1H3,(H2,31,32)(H,33,37)/t32?,33-;23-/m00/s1. The molecule has 14 nitrogen and oxygen atoms in total. The molecule has 2 saturated heterocycles. The van der Waals surface area contributed by atoms with E-state index in [1.54, 1.807) is 30.3 Å². The monoisotopic (exact) mass is 1090 g/mol. The third-order valence-electron chi connectivity index (χ3n) is 15.5. The Hall–Kier alpha value is -7.98. The van der Waals surface area contributed by atoms with Crippen molar-refractivity contribution < 1.29 is 18.3 Å². The van der Waals surface area contributed by atoms with Crippen LogP contribution in [0.4, 0.5) is 10.5 Å². The SMILES string of the molecule is C[C@@H](CN=C(N)N1CCC(n2c(=O)[nH]c3ccccc32)CC1)N(Cc1ccccc1)Cc1ccccc1.O=C(O)N1CC[C@H](N(c2ccccc2)S(=O)(=O)c2ccccc2)CC1CCCN(Cc1ccccc1)Cc1ccccc1. The van der Waals surface area contributed by atoms with Crippen LogP contribution in [0, 0.1) is 0 Å². The van der Waals surface area contributed by atoms with Crippen molar-refractivity contribution in [2.75, 3.05) is 37.0 Å². The number of imidazole rings is 1. The molecule has 0 aliphatic carbocycles. The Morgan fingerprint density at radius 2 is 1.15 bits per heavy atom. The first-order chi connectivity index (χ1) is 39.0. The minimum absolute atomic E-state index is 0.0352. The normalized spacial score (nSPS) is 16.6. The van der Waals surface area contributed by atoms with E-state index in [1.807, 2.05) is 95.6 Å². The van der Waals surface area contributed by atoms with Crippen molar-refractivity contribution in [1.29, 1.82) is 0 Å². The molecule has 1 unspecified atom stereocenters. The van der Waals surface area contributed by atoms with Crippen molar-refractivity contribution in [3.63, 3.8) is 0 Å². The summed E-state index contributed by atoms with van der Waals surface area (Å²) in [7, 11) is -3.86. The second kappa shape index (κ2) is 27.7. The number of amides is 1. The molecule has 3 heterocycles. The van der Waals surface area contributed by atoms with Crippen LogP contribution in [0.2, 0.25) is 0 Å². The van der Waals surface area contributed by atoms with Gasteiger partial charge in [0.15, 0.2) is 5.96 Å². The third kappa shape index (κ3) is 15.0. The molecule has 0 bridgehead atoms. The Morgan fingerprint density at radius 1 is 0.662 bits per heavy atom. The average Bonchev–Trinajstić information content (AvgIpc) is 3.86. The molecule has 10 rings (SSSR count). The van der Waals surface area contributed by atoms with Gasteiger partial charge in [-0.2, -0.15) is 0 Å². The maximum Gasteiger partial charge on any atom is 0.407 e. The van der Waals surface area contributed by atoms with Crippen LogP contribution < -0.4 is 15.7 Å². The molecule has 1 aromatic heterocycles. The Bertz CT molecular complexity index is 3280. The molecule has 4 N–H and O–H groups in total. The summed E-state index contributed by atoms with van der Waals surface area (Å²) in [4.78, 5) is 41.4. The third-order valence-corrected chi connectivity index (χ3v) is 17.4. The number of piperidine rings is 2. The predicted octanol–water partition coefficient (Wildman–Crippen LogP) is 11.2. The second-order valence-electron chi connectivity index (χ2n) is 21.0. The van der Waals surface area contributed by atoms with Crippen LogP contribution in [0.25, 0.3) is 11.0 Å². The minimum Gasteiger partial charge on any atom is -0.465 e. The Kier molecular flexibility index (Phi) is 19.7. The zero-order chi connectivity index (χ0) is 55.7. The van der Waals surface area contributed by atoms with Gasteiger partial charge in [-0.3, -0.25) is 23.7 Å². The maximum absolute atomic E-state index is 14.0. The first-order valence-corrected chi connectivity index (χ1v) is 29.4. The van der Waals surface area contributed by atoms with E-state index in [1.165, 1.54) is 31.5 Å². The van der Waals surface area contributed by atoms with Gasteiger partial charge in [0.2, 0.25) is 0 Å². The van der Waals surface area contributed by atoms with Crippen molar-refractivity contribution in [2.24, 2.45) is 10.7 Å². The van der Waals surface area contributed by atoms with E-state index >= 15 is 0 Å². The summed E-state index contributed by atoms with van der Waals surface area (Å²) in [5.41, 5.74) is 13.9. The number of nitrogens with zero attached hydrogens (tertiary/aromatic N) is 7. The van der Waals surface area contributed by atoms with Crippen LogP contribution in [0.15, 0.2) is 221 Å². The molecule has 2 aliphatic rings. The van der Waals surface area contributed by atoms with Crippen molar-refractivity contribution in [2.45, 2.75) is 101 Å². The molecular formula is C65H75N9O5S. The van der Waals surface area contributed by atoms with E-state index < -0.39 is 16.1 Å². The fraction of sp³-hybridized carbons (Fsp3) is 0.308. The molecule has 416 valence electrons. The number of fused-ring (bicyclic) bond motifs is 1. The molecule has 0 saturated carbocycles. The molecule has 80 heavy (non-hydrogen) atoms. The zero-order valence-corrected chi connectivity index (χ0v) is 46.6. The van der Waals surface area contributed by atoms with Crippen molar-refractivity contribution in [3.8, 4) is 0 Å². The van der Waals surface area contributed by atoms with Gasteiger partial charge in [0.1, 0.15) is 0 Å². The summed E-state index contributed by atoms with van der Waals surface area (Å²) < 4.78 is 31.4. The van der Waals surface area contributed by atoms with Crippen LogP contribution in [0.1, 0.15) is 73.7 Å². The summed E-state index contributed by atoms with van der Waals surface area (Å²) in [6, 6.07) is 67.1. The average molecular weight is 1090 g/mol. The number of H-pyrrole nitrogens is 1. The van der Waals surface area contributed by atoms with E-state index in [0.717, 1.165) is 76.1 Å². The number of rotatable bonds is 20. The van der Waals surface area contributed by atoms with E-state index in [0.29, 0.717) is 37.5 Å². The fourth-order valence-electron chi connectivity index (χ4n) is 11.3. The first kappa shape index (κ1) is 56.7. The number of likely N-dealkylation sites (tertiary alicyclic amines) is 2. The summed E-state index contributed by atoms with van der Waals surface area (Å²) in [6.45, 7) is 8.82. The van der Waals surface area contributed by atoms with Crippen molar-refractivity contribution in [1.82, 2.24) is 29.2 Å². The van der Waals surface area contributed by atoms with Gasteiger partial charge in [0, 0.05) is 70.0 Å². The van der Waals surface area contributed by atoms with E-state index in [-0.39, 0.29) is 41.3 Å². The fourth-order valence-corrected chi connectivity index (χ4v) is 13.0. The van der Waals surface area contributed by atoms with Gasteiger partial charge >= 0.3 is 11.8 Å². The number of para-hydroxylation sites is 3. The molecule has 0 spiro atoms. The lowest BCUT2D eigenvalue weighted by molar-refractivity contribution is 0.0957.